The molecule has 0 radical (unpaired) electrons. The van der Waals surface area contributed by atoms with Crippen LogP contribution in [0.15, 0.2) is 30.9 Å². The molecule has 0 bridgehead atoms. The smallest absolute Gasteiger partial charge is 0.137 e. The summed E-state index contributed by atoms with van der Waals surface area (Å²) in [5.41, 5.74) is 1.51. The van der Waals surface area contributed by atoms with Crippen LogP contribution in [0, 0.1) is 11.3 Å². The minimum absolute atomic E-state index is 0. The van der Waals surface area contributed by atoms with Gasteiger partial charge in [-0.2, -0.15) is 10.4 Å². The number of rotatable bonds is 5. The molecule has 4 rings (SSSR count). The molecule has 3 N–H and O–H groups in total. The van der Waals surface area contributed by atoms with Crippen LogP contribution < -0.4 is 0 Å². The van der Waals surface area contributed by atoms with Crippen molar-refractivity contribution in [2.45, 2.75) is 12.5 Å². The first-order chi connectivity index (χ1) is 12.9. The van der Waals surface area contributed by atoms with E-state index < -0.39 is 23.0 Å². The van der Waals surface area contributed by atoms with Crippen molar-refractivity contribution in [2.75, 3.05) is 25.5 Å². The lowest BCUT2D eigenvalue weighted by molar-refractivity contribution is 0.0344. The molecule has 0 amide bonds. The van der Waals surface area contributed by atoms with Crippen molar-refractivity contribution in [3.8, 4) is 17.2 Å². The molecule has 0 spiro atoms. The van der Waals surface area contributed by atoms with Crippen LogP contribution in [0.4, 0.5) is 4.39 Å². The van der Waals surface area contributed by atoms with Gasteiger partial charge < -0.3 is 4.98 Å². The van der Waals surface area contributed by atoms with Gasteiger partial charge in [0.25, 0.3) is 0 Å². The summed E-state index contributed by atoms with van der Waals surface area (Å²) < 4.78 is 37.0. The summed E-state index contributed by atoms with van der Waals surface area (Å²) in [6, 6.07) is 3.98. The Morgan fingerprint density at radius 1 is 1.44 bits per heavy atom. The molecule has 0 atom stereocenters. The number of hydrogen-bond donors (Lipinski definition) is 3. The van der Waals surface area contributed by atoms with E-state index in [0.717, 1.165) is 5.39 Å². The van der Waals surface area contributed by atoms with Crippen molar-refractivity contribution < 1.29 is 14.9 Å². The highest BCUT2D eigenvalue weighted by Gasteiger charge is 2.50. The molecule has 27 heavy (non-hydrogen) atoms. The van der Waals surface area contributed by atoms with E-state index in [0.29, 0.717) is 22.3 Å². The standard InChI is InChI=1S/C17H19FN6O2S.H2/c1-2-27(25,26)23-10-17(9-18,11-23)24-8-13(7-22-24)15-12(5-19)6-21-16-14(15)3-4-20-16;/h3-4,6-8,25-26H,2,9-11H2,1H3,(H,20,21);1H. The molecule has 0 aromatic carbocycles. The zero-order valence-corrected chi connectivity index (χ0v) is 15.4. The predicted octanol–water partition coefficient (Wildman–Crippen LogP) is 3.21. The number of halogens is 1. The van der Waals surface area contributed by atoms with Gasteiger partial charge in [0.15, 0.2) is 0 Å². The highest BCUT2D eigenvalue weighted by molar-refractivity contribution is 8.22. The minimum atomic E-state index is -2.86. The molecule has 3 aromatic rings. The number of nitriles is 1. The van der Waals surface area contributed by atoms with Crippen LogP contribution in [0.2, 0.25) is 0 Å². The van der Waals surface area contributed by atoms with Gasteiger partial charge in [0.1, 0.15) is 23.9 Å². The number of nitrogens with zero attached hydrogens (tertiary/aromatic N) is 5. The Bertz CT molecular complexity index is 1040. The lowest BCUT2D eigenvalue weighted by Gasteiger charge is -2.56. The lowest BCUT2D eigenvalue weighted by atomic mass is 9.94. The van der Waals surface area contributed by atoms with Crippen molar-refractivity contribution in [3.63, 3.8) is 0 Å². The van der Waals surface area contributed by atoms with Gasteiger partial charge in [-0.15, -0.1) is 10.8 Å². The van der Waals surface area contributed by atoms with Gasteiger partial charge in [-0.1, -0.05) is 0 Å². The number of hydrogen-bond acceptors (Lipinski definition) is 6. The third kappa shape index (κ3) is 2.71. The van der Waals surface area contributed by atoms with E-state index >= 15 is 0 Å². The summed E-state index contributed by atoms with van der Waals surface area (Å²) in [7, 11) is -2.86. The molecule has 4 heterocycles. The van der Waals surface area contributed by atoms with Crippen LogP contribution in [0.5, 0.6) is 0 Å². The largest absolute Gasteiger partial charge is 0.346 e. The average Bonchev–Trinajstić information content (AvgIpc) is 3.30. The molecule has 0 aliphatic carbocycles. The number of pyridine rings is 1. The Labute approximate surface area is 158 Å². The Balaban J connectivity index is 0.00000225. The van der Waals surface area contributed by atoms with Gasteiger partial charge in [-0.05, 0) is 13.0 Å². The number of nitrogens with one attached hydrogen (secondary N) is 1. The van der Waals surface area contributed by atoms with Gasteiger partial charge in [0.05, 0.1) is 17.5 Å². The van der Waals surface area contributed by atoms with Crippen molar-refractivity contribution >= 4 is 21.8 Å². The van der Waals surface area contributed by atoms with Crippen molar-refractivity contribution in [3.05, 3.63) is 36.4 Å². The summed E-state index contributed by atoms with van der Waals surface area (Å²) in [5, 5.41) is 14.6. The SMILES string of the molecule is CCS(O)(O)N1CC(CF)(n2cc(-c3c(C#N)cnc4[nH]ccc34)cn2)C1.[HH]. The number of H-pyrrole nitrogens is 1. The lowest BCUT2D eigenvalue weighted by Crippen LogP contribution is -2.64. The second kappa shape index (κ2) is 6.31. The van der Waals surface area contributed by atoms with Crippen LogP contribution in [0.3, 0.4) is 0 Å². The van der Waals surface area contributed by atoms with Crippen LogP contribution in [0.1, 0.15) is 13.9 Å². The Kier molecular flexibility index (Phi) is 4.20. The second-order valence-electron chi connectivity index (χ2n) is 6.65. The third-order valence-corrected chi connectivity index (χ3v) is 6.92. The molecule has 1 aliphatic heterocycles. The Hall–Kier alpha value is -2.45. The first-order valence-electron chi connectivity index (χ1n) is 8.43. The van der Waals surface area contributed by atoms with Gasteiger partial charge in [-0.3, -0.25) is 13.8 Å². The highest BCUT2D eigenvalue weighted by atomic mass is 32.3. The maximum atomic E-state index is 13.9. The van der Waals surface area contributed by atoms with Crippen LogP contribution in [-0.4, -0.2) is 58.7 Å². The van der Waals surface area contributed by atoms with E-state index in [4.69, 9.17) is 0 Å². The van der Waals surface area contributed by atoms with Crippen LogP contribution >= 0.6 is 10.8 Å². The topological polar surface area (TPSA) is 114 Å². The Morgan fingerprint density at radius 2 is 2.22 bits per heavy atom. The fraction of sp³-hybridized carbons (Fsp3) is 0.353. The molecular formula is C17H21FN6O2S. The molecule has 1 aliphatic rings. The van der Waals surface area contributed by atoms with Crippen molar-refractivity contribution in [1.82, 2.24) is 24.1 Å². The van der Waals surface area contributed by atoms with E-state index in [1.807, 2.05) is 6.07 Å². The number of aromatic amines is 1. The molecule has 8 nitrogen and oxygen atoms in total. The summed E-state index contributed by atoms with van der Waals surface area (Å²) in [6.07, 6.45) is 6.55. The van der Waals surface area contributed by atoms with E-state index in [1.165, 1.54) is 15.2 Å². The summed E-state index contributed by atoms with van der Waals surface area (Å²) >= 11 is 0. The molecule has 10 heteroatoms. The molecule has 0 unspecified atom stereocenters. The van der Waals surface area contributed by atoms with Crippen LogP contribution in [0.25, 0.3) is 22.2 Å². The van der Waals surface area contributed by atoms with Crippen molar-refractivity contribution in [2.24, 2.45) is 0 Å². The van der Waals surface area contributed by atoms with Crippen LogP contribution in [-0.2, 0) is 5.54 Å². The fourth-order valence-corrected chi connectivity index (χ4v) is 4.66. The second-order valence-corrected chi connectivity index (χ2v) is 9.01. The summed E-state index contributed by atoms with van der Waals surface area (Å²) in [5.74, 6) is 0.202. The predicted molar refractivity (Wildman–Crippen MR) is 103 cm³/mol. The monoisotopic (exact) mass is 392 g/mol. The fourth-order valence-electron chi connectivity index (χ4n) is 3.41. The number of fused-ring (bicyclic) bond motifs is 1. The normalized spacial score (nSPS) is 17.6. The summed E-state index contributed by atoms with van der Waals surface area (Å²) in [6.45, 7) is 1.35. The molecule has 3 aromatic heterocycles. The zero-order chi connectivity index (χ0) is 19.2. The van der Waals surface area contributed by atoms with Crippen molar-refractivity contribution in [1.29, 1.82) is 5.26 Å². The average molecular weight is 392 g/mol. The maximum absolute atomic E-state index is 13.9. The van der Waals surface area contributed by atoms with E-state index in [-0.39, 0.29) is 20.3 Å². The molecule has 144 valence electrons. The first kappa shape index (κ1) is 17.9. The van der Waals surface area contributed by atoms with E-state index in [9.17, 15) is 18.8 Å². The third-order valence-electron chi connectivity index (χ3n) is 5.06. The maximum Gasteiger partial charge on any atom is 0.137 e. The molecule has 0 saturated carbocycles. The highest BCUT2D eigenvalue weighted by Crippen LogP contribution is 2.50. The molecular weight excluding hydrogens is 371 g/mol. The molecule has 1 saturated heterocycles. The van der Waals surface area contributed by atoms with Gasteiger partial charge in [-0.25, -0.2) is 13.7 Å². The number of aromatic nitrogens is 4. The molecule has 1 fully saturated rings. The van der Waals surface area contributed by atoms with Gasteiger partial charge in [0, 0.05) is 49.6 Å². The quantitative estimate of drug-likeness (QED) is 0.614. The Morgan fingerprint density at radius 3 is 2.89 bits per heavy atom. The van der Waals surface area contributed by atoms with E-state index in [2.05, 4.69) is 21.1 Å². The van der Waals surface area contributed by atoms with Gasteiger partial charge >= 0.3 is 0 Å². The zero-order valence-electron chi connectivity index (χ0n) is 14.6. The summed E-state index contributed by atoms with van der Waals surface area (Å²) in [4.78, 5) is 7.23. The first-order valence-corrected chi connectivity index (χ1v) is 10.1. The van der Waals surface area contributed by atoms with Gasteiger partial charge in [0.2, 0.25) is 0 Å². The number of alkyl halides is 1. The minimum Gasteiger partial charge on any atom is -0.346 e. The van der Waals surface area contributed by atoms with E-state index in [1.54, 1.807) is 25.5 Å².